The monoisotopic (exact) mass is 295 g/mol. The van der Waals surface area contributed by atoms with Crippen molar-refractivity contribution in [3.8, 4) is 0 Å². The molecule has 0 aliphatic carbocycles. The number of esters is 1. The molecule has 0 radical (unpaired) electrons. The topological polar surface area (TPSA) is 92.8 Å². The van der Waals surface area contributed by atoms with Crippen LogP contribution in [-0.2, 0) is 16.0 Å². The predicted molar refractivity (Wildman–Crippen MR) is 75.5 cm³/mol. The zero-order chi connectivity index (χ0) is 14.4. The third-order valence-corrected chi connectivity index (χ3v) is 3.45. The standard InChI is InChI=1S/C12H17N5O2S/c1-3-19-10(18)5-4-9-6-20-12(16-9)15-8(2)11-13-7-14-17-11/h6-8H,3-5H2,1-2H3,(H,15,16)(H,13,14,17). The van der Waals surface area contributed by atoms with Crippen LogP contribution in [0.15, 0.2) is 11.7 Å². The van der Waals surface area contributed by atoms with Crippen molar-refractivity contribution in [2.75, 3.05) is 11.9 Å². The molecule has 0 aliphatic heterocycles. The molecule has 0 aromatic carbocycles. The summed E-state index contributed by atoms with van der Waals surface area (Å²) in [5.41, 5.74) is 0.885. The van der Waals surface area contributed by atoms with E-state index in [1.54, 1.807) is 6.92 Å². The molecule has 0 bridgehead atoms. The Morgan fingerprint density at radius 1 is 1.60 bits per heavy atom. The molecule has 108 valence electrons. The number of nitrogens with one attached hydrogen (secondary N) is 2. The molecule has 2 heterocycles. The van der Waals surface area contributed by atoms with Gasteiger partial charge in [0.15, 0.2) is 5.13 Å². The smallest absolute Gasteiger partial charge is 0.306 e. The number of anilines is 1. The summed E-state index contributed by atoms with van der Waals surface area (Å²) >= 11 is 1.50. The van der Waals surface area contributed by atoms with Gasteiger partial charge in [-0.15, -0.1) is 11.3 Å². The molecule has 0 amide bonds. The van der Waals surface area contributed by atoms with Crippen molar-refractivity contribution in [1.29, 1.82) is 0 Å². The summed E-state index contributed by atoms with van der Waals surface area (Å²) in [4.78, 5) is 19.8. The molecule has 2 aromatic heterocycles. The molecule has 2 rings (SSSR count). The number of hydrogen-bond acceptors (Lipinski definition) is 7. The van der Waals surface area contributed by atoms with Gasteiger partial charge in [-0.25, -0.2) is 9.97 Å². The molecule has 7 nitrogen and oxygen atoms in total. The van der Waals surface area contributed by atoms with Gasteiger partial charge in [-0.3, -0.25) is 9.89 Å². The van der Waals surface area contributed by atoms with Gasteiger partial charge in [-0.1, -0.05) is 0 Å². The molecule has 2 N–H and O–H groups in total. The van der Waals surface area contributed by atoms with E-state index >= 15 is 0 Å². The molecule has 0 fully saturated rings. The van der Waals surface area contributed by atoms with Crippen LogP contribution in [0.4, 0.5) is 5.13 Å². The van der Waals surface area contributed by atoms with Gasteiger partial charge in [0.25, 0.3) is 0 Å². The van der Waals surface area contributed by atoms with Gasteiger partial charge in [-0.05, 0) is 13.8 Å². The van der Waals surface area contributed by atoms with Gasteiger partial charge >= 0.3 is 5.97 Å². The largest absolute Gasteiger partial charge is 0.466 e. The first-order chi connectivity index (χ1) is 9.69. The number of H-pyrrole nitrogens is 1. The Morgan fingerprint density at radius 3 is 3.15 bits per heavy atom. The van der Waals surface area contributed by atoms with E-state index in [4.69, 9.17) is 4.74 Å². The highest BCUT2D eigenvalue weighted by Crippen LogP contribution is 2.21. The molecule has 20 heavy (non-hydrogen) atoms. The van der Waals surface area contributed by atoms with Crippen LogP contribution < -0.4 is 5.32 Å². The molecule has 1 unspecified atom stereocenters. The Labute approximate surface area is 120 Å². The summed E-state index contributed by atoms with van der Waals surface area (Å²) in [6.07, 6.45) is 2.42. The molecule has 0 spiro atoms. The molecule has 1 atom stereocenters. The highest BCUT2D eigenvalue weighted by Gasteiger charge is 2.11. The first kappa shape index (κ1) is 14.4. The van der Waals surface area contributed by atoms with E-state index in [0.717, 1.165) is 16.6 Å². The number of aryl methyl sites for hydroxylation is 1. The van der Waals surface area contributed by atoms with Gasteiger partial charge in [-0.2, -0.15) is 5.10 Å². The van der Waals surface area contributed by atoms with Crippen LogP contribution in [0.2, 0.25) is 0 Å². The van der Waals surface area contributed by atoms with E-state index in [1.807, 2.05) is 12.3 Å². The van der Waals surface area contributed by atoms with Crippen LogP contribution in [0.3, 0.4) is 0 Å². The quantitative estimate of drug-likeness (QED) is 0.758. The van der Waals surface area contributed by atoms with Gasteiger partial charge in [0.2, 0.25) is 0 Å². The number of thiazole rings is 1. The highest BCUT2D eigenvalue weighted by molar-refractivity contribution is 7.13. The van der Waals surface area contributed by atoms with Crippen molar-refractivity contribution in [3.05, 3.63) is 23.2 Å². The van der Waals surface area contributed by atoms with Crippen molar-refractivity contribution < 1.29 is 9.53 Å². The number of rotatable bonds is 7. The van der Waals surface area contributed by atoms with Crippen LogP contribution in [0, 0.1) is 0 Å². The third-order valence-electron chi connectivity index (χ3n) is 2.63. The molecular formula is C12H17N5O2S. The van der Waals surface area contributed by atoms with Crippen LogP contribution in [0.5, 0.6) is 0 Å². The van der Waals surface area contributed by atoms with Crippen LogP contribution in [0.1, 0.15) is 37.8 Å². The fraction of sp³-hybridized carbons (Fsp3) is 0.500. The minimum absolute atomic E-state index is 0.00144. The lowest BCUT2D eigenvalue weighted by Crippen LogP contribution is -2.08. The van der Waals surface area contributed by atoms with E-state index in [1.165, 1.54) is 17.7 Å². The SMILES string of the molecule is CCOC(=O)CCc1csc(NC(C)c2ncn[nH]2)n1. The van der Waals surface area contributed by atoms with Crippen molar-refractivity contribution >= 4 is 22.4 Å². The number of carbonyl (C=O) groups is 1. The molecular weight excluding hydrogens is 278 g/mol. The summed E-state index contributed by atoms with van der Waals surface area (Å²) < 4.78 is 4.89. The van der Waals surface area contributed by atoms with Crippen molar-refractivity contribution in [2.45, 2.75) is 32.7 Å². The fourth-order valence-electron chi connectivity index (χ4n) is 1.63. The maximum absolute atomic E-state index is 11.3. The number of ether oxygens (including phenoxy) is 1. The molecule has 8 heteroatoms. The summed E-state index contributed by atoms with van der Waals surface area (Å²) in [7, 11) is 0. The lowest BCUT2D eigenvalue weighted by atomic mass is 10.2. The van der Waals surface area contributed by atoms with Crippen LogP contribution in [0.25, 0.3) is 0 Å². The normalized spacial score (nSPS) is 12.1. The summed E-state index contributed by atoms with van der Waals surface area (Å²) in [6.45, 7) is 4.19. The van der Waals surface area contributed by atoms with Gasteiger partial charge in [0, 0.05) is 11.8 Å². The minimum atomic E-state index is -0.190. The van der Waals surface area contributed by atoms with E-state index in [9.17, 15) is 4.79 Å². The Morgan fingerprint density at radius 2 is 2.45 bits per heavy atom. The maximum atomic E-state index is 11.3. The van der Waals surface area contributed by atoms with E-state index in [-0.39, 0.29) is 12.0 Å². The Kier molecular flexibility index (Phi) is 5.05. The van der Waals surface area contributed by atoms with Crippen molar-refractivity contribution in [2.24, 2.45) is 0 Å². The second kappa shape index (κ2) is 6.99. The average molecular weight is 295 g/mol. The number of aromatic amines is 1. The minimum Gasteiger partial charge on any atom is -0.466 e. The van der Waals surface area contributed by atoms with E-state index < -0.39 is 0 Å². The number of hydrogen-bond donors (Lipinski definition) is 2. The van der Waals surface area contributed by atoms with Gasteiger partial charge in [0.05, 0.1) is 24.8 Å². The first-order valence-corrected chi connectivity index (χ1v) is 7.28. The lowest BCUT2D eigenvalue weighted by Gasteiger charge is -2.08. The summed E-state index contributed by atoms with van der Waals surface area (Å²) in [5.74, 6) is 0.568. The van der Waals surface area contributed by atoms with Crippen molar-refractivity contribution in [1.82, 2.24) is 20.2 Å². The fourth-order valence-corrected chi connectivity index (χ4v) is 2.46. The summed E-state index contributed by atoms with van der Waals surface area (Å²) in [5, 5.41) is 12.6. The maximum Gasteiger partial charge on any atom is 0.306 e. The molecule has 2 aromatic rings. The highest BCUT2D eigenvalue weighted by atomic mass is 32.1. The molecule has 0 saturated heterocycles. The van der Waals surface area contributed by atoms with Gasteiger partial charge in [0.1, 0.15) is 12.2 Å². The van der Waals surface area contributed by atoms with Gasteiger partial charge < -0.3 is 10.1 Å². The van der Waals surface area contributed by atoms with E-state index in [2.05, 4.69) is 25.5 Å². The van der Waals surface area contributed by atoms with Crippen LogP contribution >= 0.6 is 11.3 Å². The second-order valence-electron chi connectivity index (χ2n) is 4.19. The zero-order valence-electron chi connectivity index (χ0n) is 11.4. The molecule has 0 aliphatic rings. The Hall–Kier alpha value is -1.96. The molecule has 0 saturated carbocycles. The second-order valence-corrected chi connectivity index (χ2v) is 5.04. The Balaban J connectivity index is 1.84. The number of carbonyl (C=O) groups excluding carboxylic acids is 1. The van der Waals surface area contributed by atoms with Crippen molar-refractivity contribution in [3.63, 3.8) is 0 Å². The Bertz CT molecular complexity index is 540. The third kappa shape index (κ3) is 4.02. The zero-order valence-corrected chi connectivity index (χ0v) is 12.2. The average Bonchev–Trinajstić information content (AvgIpc) is 3.08. The number of aromatic nitrogens is 4. The predicted octanol–water partition coefficient (Wildman–Crippen LogP) is 1.93. The summed E-state index contributed by atoms with van der Waals surface area (Å²) in [6, 6.07) is 0.00144. The van der Waals surface area contributed by atoms with Crippen LogP contribution in [-0.4, -0.2) is 32.7 Å². The lowest BCUT2D eigenvalue weighted by molar-refractivity contribution is -0.143. The first-order valence-electron chi connectivity index (χ1n) is 6.41. The number of nitrogens with zero attached hydrogens (tertiary/aromatic N) is 3. The van der Waals surface area contributed by atoms with E-state index in [0.29, 0.717) is 19.4 Å².